The van der Waals surface area contributed by atoms with Gasteiger partial charge in [0.15, 0.2) is 0 Å². The predicted molar refractivity (Wildman–Crippen MR) is 67.3 cm³/mol. The van der Waals surface area contributed by atoms with E-state index in [9.17, 15) is 14.4 Å². The summed E-state index contributed by atoms with van der Waals surface area (Å²) in [6, 6.07) is -1.33. The molecule has 0 aromatic rings. The van der Waals surface area contributed by atoms with Gasteiger partial charge in [-0.25, -0.2) is 9.59 Å². The molecule has 3 N–H and O–H groups in total. The minimum Gasteiger partial charge on any atom is -0.480 e. The van der Waals surface area contributed by atoms with Crippen molar-refractivity contribution < 1.29 is 19.5 Å². The third-order valence-electron chi connectivity index (χ3n) is 2.40. The first-order valence-corrected chi connectivity index (χ1v) is 6.83. The lowest BCUT2D eigenvalue weighted by atomic mass is 10.3. The van der Waals surface area contributed by atoms with Crippen LogP contribution in [0.3, 0.4) is 0 Å². The molecule has 0 saturated carbocycles. The Morgan fingerprint density at radius 1 is 1.39 bits per heavy atom. The summed E-state index contributed by atoms with van der Waals surface area (Å²) < 4.78 is 0. The molecule has 1 aliphatic heterocycles. The van der Waals surface area contributed by atoms with Gasteiger partial charge >= 0.3 is 12.0 Å². The van der Waals surface area contributed by atoms with Crippen molar-refractivity contribution in [3.05, 3.63) is 0 Å². The average Bonchev–Trinajstić information content (AvgIpc) is 2.82. The lowest BCUT2D eigenvalue weighted by Crippen LogP contribution is -2.49. The lowest BCUT2D eigenvalue weighted by molar-refractivity contribution is -0.140. The van der Waals surface area contributed by atoms with Crippen molar-refractivity contribution in [1.29, 1.82) is 0 Å². The van der Waals surface area contributed by atoms with Crippen LogP contribution in [0, 0.1) is 0 Å². The van der Waals surface area contributed by atoms with Crippen LogP contribution in [0.5, 0.6) is 0 Å². The third-order valence-corrected chi connectivity index (χ3v) is 3.41. The number of carbonyl (C=O) groups excluding carboxylic acids is 2. The van der Waals surface area contributed by atoms with Gasteiger partial charge < -0.3 is 20.6 Å². The van der Waals surface area contributed by atoms with E-state index in [2.05, 4.69) is 10.6 Å². The maximum atomic E-state index is 11.7. The lowest BCUT2D eigenvalue weighted by Gasteiger charge is -2.20. The Morgan fingerprint density at radius 3 is 2.72 bits per heavy atom. The Kier molecular flexibility index (Phi) is 5.76. The molecule has 0 aromatic heterocycles. The summed E-state index contributed by atoms with van der Waals surface area (Å²) in [6.45, 7) is 2.36. The van der Waals surface area contributed by atoms with Gasteiger partial charge in [0, 0.05) is 12.3 Å². The van der Waals surface area contributed by atoms with Crippen LogP contribution >= 0.6 is 11.8 Å². The standard InChI is InChI=1S/C10H17N3O4S/c1-2-3-11-8(14)4-12-10(17)13-6-18-5-7(13)9(15)16/h7H,2-6H2,1H3,(H,11,14)(H,12,17)(H,15,16)/t7-/m0/s1. The van der Waals surface area contributed by atoms with E-state index in [-0.39, 0.29) is 12.5 Å². The van der Waals surface area contributed by atoms with Gasteiger partial charge in [-0.1, -0.05) is 6.92 Å². The Balaban J connectivity index is 2.36. The first-order valence-electron chi connectivity index (χ1n) is 5.68. The maximum Gasteiger partial charge on any atom is 0.327 e. The second-order valence-corrected chi connectivity index (χ2v) is 4.83. The molecule has 0 spiro atoms. The van der Waals surface area contributed by atoms with Crippen LogP contribution in [0.2, 0.25) is 0 Å². The van der Waals surface area contributed by atoms with E-state index in [1.54, 1.807) is 0 Å². The number of hydrogen-bond acceptors (Lipinski definition) is 4. The van der Waals surface area contributed by atoms with Crippen LogP contribution in [-0.4, -0.2) is 58.7 Å². The number of carboxylic acids is 1. The molecule has 0 aliphatic carbocycles. The quantitative estimate of drug-likeness (QED) is 0.639. The summed E-state index contributed by atoms with van der Waals surface area (Å²) in [4.78, 5) is 35.1. The molecule has 8 heteroatoms. The molecule has 7 nitrogen and oxygen atoms in total. The number of nitrogens with zero attached hydrogens (tertiary/aromatic N) is 1. The van der Waals surface area contributed by atoms with Crippen LogP contribution in [-0.2, 0) is 9.59 Å². The Labute approximate surface area is 109 Å². The number of nitrogens with one attached hydrogen (secondary N) is 2. The van der Waals surface area contributed by atoms with Gasteiger partial charge in [0.25, 0.3) is 0 Å². The average molecular weight is 275 g/mol. The number of thioether (sulfide) groups is 1. The van der Waals surface area contributed by atoms with Gasteiger partial charge in [-0.3, -0.25) is 4.79 Å². The van der Waals surface area contributed by atoms with Crippen LogP contribution in [0.1, 0.15) is 13.3 Å². The van der Waals surface area contributed by atoms with Crippen molar-refractivity contribution in [2.75, 3.05) is 24.7 Å². The minimum absolute atomic E-state index is 0.133. The summed E-state index contributed by atoms with van der Waals surface area (Å²) in [7, 11) is 0. The van der Waals surface area contributed by atoms with Crippen LogP contribution in [0.25, 0.3) is 0 Å². The molecule has 3 amide bonds. The molecule has 1 heterocycles. The fourth-order valence-corrected chi connectivity index (χ4v) is 2.58. The van der Waals surface area contributed by atoms with Crippen molar-refractivity contribution in [3.63, 3.8) is 0 Å². The molecule has 0 radical (unpaired) electrons. The monoisotopic (exact) mass is 275 g/mol. The summed E-state index contributed by atoms with van der Waals surface area (Å²) in [5.41, 5.74) is 0. The van der Waals surface area contributed by atoms with Crippen LogP contribution < -0.4 is 10.6 Å². The Hall–Kier alpha value is -1.44. The molecular weight excluding hydrogens is 258 g/mol. The highest BCUT2D eigenvalue weighted by Crippen LogP contribution is 2.20. The van der Waals surface area contributed by atoms with E-state index >= 15 is 0 Å². The van der Waals surface area contributed by atoms with Gasteiger partial charge in [-0.15, -0.1) is 11.8 Å². The van der Waals surface area contributed by atoms with Crippen molar-refractivity contribution in [2.24, 2.45) is 0 Å². The fraction of sp³-hybridized carbons (Fsp3) is 0.700. The third kappa shape index (κ3) is 4.10. The van der Waals surface area contributed by atoms with Crippen LogP contribution in [0.15, 0.2) is 0 Å². The number of aliphatic carboxylic acids is 1. The number of hydrogen-bond donors (Lipinski definition) is 3. The molecule has 102 valence electrons. The number of carbonyl (C=O) groups is 3. The zero-order valence-electron chi connectivity index (χ0n) is 10.1. The zero-order chi connectivity index (χ0) is 13.5. The Bertz CT molecular complexity index is 337. The SMILES string of the molecule is CCCNC(=O)CNC(=O)N1CSC[C@H]1C(=O)O. The van der Waals surface area contributed by atoms with Gasteiger partial charge in [0.2, 0.25) is 5.91 Å². The first kappa shape index (κ1) is 14.6. The normalized spacial score (nSPS) is 18.5. The van der Waals surface area contributed by atoms with Crippen molar-refractivity contribution in [1.82, 2.24) is 15.5 Å². The molecule has 0 bridgehead atoms. The van der Waals surface area contributed by atoms with Gasteiger partial charge in [-0.2, -0.15) is 0 Å². The maximum absolute atomic E-state index is 11.7. The topological polar surface area (TPSA) is 98.7 Å². The summed E-state index contributed by atoms with van der Waals surface area (Å²) in [5, 5.41) is 13.9. The highest BCUT2D eigenvalue weighted by Gasteiger charge is 2.34. The number of carboxylic acid groups (broad SMARTS) is 1. The van der Waals surface area contributed by atoms with Gasteiger partial charge in [0.05, 0.1) is 12.4 Å². The molecule has 0 unspecified atom stereocenters. The summed E-state index contributed by atoms with van der Waals surface area (Å²) >= 11 is 1.38. The number of urea groups is 1. The highest BCUT2D eigenvalue weighted by molar-refractivity contribution is 7.99. The van der Waals surface area contributed by atoms with Crippen LogP contribution in [0.4, 0.5) is 4.79 Å². The molecular formula is C10H17N3O4S. The fourth-order valence-electron chi connectivity index (χ4n) is 1.43. The van der Waals surface area contributed by atoms with E-state index in [4.69, 9.17) is 5.11 Å². The van der Waals surface area contributed by atoms with E-state index in [1.807, 2.05) is 6.92 Å². The molecule has 18 heavy (non-hydrogen) atoms. The summed E-state index contributed by atoms with van der Waals surface area (Å²) in [5.74, 6) is -0.584. The molecule has 1 aliphatic rings. The molecule has 0 aromatic carbocycles. The van der Waals surface area contributed by atoms with Crippen molar-refractivity contribution in [3.8, 4) is 0 Å². The molecule has 1 atom stereocenters. The molecule has 1 rings (SSSR count). The largest absolute Gasteiger partial charge is 0.480 e. The van der Waals surface area contributed by atoms with E-state index in [0.717, 1.165) is 6.42 Å². The Morgan fingerprint density at radius 2 is 2.11 bits per heavy atom. The van der Waals surface area contributed by atoms with E-state index in [1.165, 1.54) is 16.7 Å². The second-order valence-electron chi connectivity index (χ2n) is 3.83. The van der Waals surface area contributed by atoms with E-state index < -0.39 is 18.0 Å². The number of amides is 3. The number of rotatable bonds is 5. The van der Waals surface area contributed by atoms with Crippen molar-refractivity contribution >= 4 is 29.7 Å². The van der Waals surface area contributed by atoms with Crippen molar-refractivity contribution in [2.45, 2.75) is 19.4 Å². The summed E-state index contributed by atoms with van der Waals surface area (Å²) in [6.07, 6.45) is 0.823. The zero-order valence-corrected chi connectivity index (χ0v) is 11.0. The molecule has 1 saturated heterocycles. The highest BCUT2D eigenvalue weighted by atomic mass is 32.2. The smallest absolute Gasteiger partial charge is 0.327 e. The van der Waals surface area contributed by atoms with E-state index in [0.29, 0.717) is 18.2 Å². The first-order chi connectivity index (χ1) is 8.56. The second kappa shape index (κ2) is 7.10. The minimum atomic E-state index is -1.02. The molecule has 1 fully saturated rings. The predicted octanol–water partition coefficient (Wildman–Crippen LogP) is -0.318. The van der Waals surface area contributed by atoms with Gasteiger partial charge in [0.1, 0.15) is 6.04 Å². The van der Waals surface area contributed by atoms with Gasteiger partial charge in [-0.05, 0) is 6.42 Å².